The van der Waals surface area contributed by atoms with Gasteiger partial charge in [0.15, 0.2) is 0 Å². The molecular formula is C18H16BrFN2O2. The lowest BCUT2D eigenvalue weighted by molar-refractivity contribution is -0.124. The summed E-state index contributed by atoms with van der Waals surface area (Å²) < 4.78 is 13.9. The summed E-state index contributed by atoms with van der Waals surface area (Å²) in [5, 5.41) is 0. The van der Waals surface area contributed by atoms with Gasteiger partial charge in [0.05, 0.1) is 0 Å². The van der Waals surface area contributed by atoms with E-state index in [0.717, 1.165) is 10.2 Å². The third-order valence-corrected chi connectivity index (χ3v) is 4.62. The molecule has 1 heterocycles. The highest BCUT2D eigenvalue weighted by Crippen LogP contribution is 2.24. The molecule has 1 aliphatic heterocycles. The smallest absolute Gasteiger partial charge is 0.254 e. The molecule has 0 N–H and O–H groups in total. The van der Waals surface area contributed by atoms with Gasteiger partial charge in [0.1, 0.15) is 11.9 Å². The monoisotopic (exact) mass is 390 g/mol. The second-order valence-electron chi connectivity index (χ2n) is 5.65. The average Bonchev–Trinajstić information content (AvgIpc) is 2.57. The molecule has 1 saturated heterocycles. The molecule has 1 aliphatic rings. The Bertz CT molecular complexity index is 779. The van der Waals surface area contributed by atoms with E-state index < -0.39 is 11.9 Å². The summed E-state index contributed by atoms with van der Waals surface area (Å²) in [5.41, 5.74) is 1.18. The Morgan fingerprint density at radius 2 is 1.88 bits per heavy atom. The van der Waals surface area contributed by atoms with Gasteiger partial charge >= 0.3 is 0 Å². The van der Waals surface area contributed by atoms with Crippen molar-refractivity contribution >= 4 is 33.4 Å². The molecule has 4 nitrogen and oxygen atoms in total. The van der Waals surface area contributed by atoms with E-state index in [4.69, 9.17) is 0 Å². The van der Waals surface area contributed by atoms with Gasteiger partial charge in [0.2, 0.25) is 5.91 Å². The summed E-state index contributed by atoms with van der Waals surface area (Å²) in [7, 11) is 0. The van der Waals surface area contributed by atoms with Gasteiger partial charge in [-0.15, -0.1) is 0 Å². The van der Waals surface area contributed by atoms with Crippen LogP contribution < -0.4 is 4.90 Å². The molecular weight excluding hydrogens is 375 g/mol. The van der Waals surface area contributed by atoms with Crippen molar-refractivity contribution in [3.8, 4) is 0 Å². The number of nitrogens with zero attached hydrogens (tertiary/aromatic N) is 2. The maximum atomic E-state index is 13.0. The molecule has 0 saturated carbocycles. The Labute approximate surface area is 148 Å². The first-order valence-electron chi connectivity index (χ1n) is 7.61. The summed E-state index contributed by atoms with van der Waals surface area (Å²) in [6, 6.07) is 12.3. The molecule has 0 radical (unpaired) electrons. The summed E-state index contributed by atoms with van der Waals surface area (Å²) in [5.74, 6) is -0.783. The molecule has 6 heteroatoms. The van der Waals surface area contributed by atoms with Crippen LogP contribution in [0.15, 0.2) is 53.0 Å². The topological polar surface area (TPSA) is 40.6 Å². The van der Waals surface area contributed by atoms with Gasteiger partial charge in [-0.05, 0) is 49.4 Å². The molecule has 2 aromatic carbocycles. The van der Waals surface area contributed by atoms with E-state index in [1.54, 1.807) is 11.8 Å². The van der Waals surface area contributed by atoms with Crippen molar-refractivity contribution < 1.29 is 14.0 Å². The predicted molar refractivity (Wildman–Crippen MR) is 93.4 cm³/mol. The Morgan fingerprint density at radius 1 is 1.17 bits per heavy atom. The SMILES string of the molecule is C[C@H]1C(=O)N(c2cccc(Br)c2)CCN1C(=O)c1ccc(F)cc1. The van der Waals surface area contributed by atoms with E-state index in [2.05, 4.69) is 15.9 Å². The molecule has 0 spiro atoms. The molecule has 3 rings (SSSR count). The maximum Gasteiger partial charge on any atom is 0.254 e. The van der Waals surface area contributed by atoms with Crippen molar-refractivity contribution in [3.63, 3.8) is 0 Å². The van der Waals surface area contributed by atoms with E-state index in [1.165, 1.54) is 29.2 Å². The lowest BCUT2D eigenvalue weighted by Crippen LogP contribution is -2.57. The summed E-state index contributed by atoms with van der Waals surface area (Å²) in [4.78, 5) is 28.5. The lowest BCUT2D eigenvalue weighted by atomic mass is 10.1. The van der Waals surface area contributed by atoms with Crippen molar-refractivity contribution in [3.05, 3.63) is 64.4 Å². The van der Waals surface area contributed by atoms with E-state index in [9.17, 15) is 14.0 Å². The highest BCUT2D eigenvalue weighted by Gasteiger charge is 2.35. The summed E-state index contributed by atoms with van der Waals surface area (Å²) >= 11 is 3.40. The Hall–Kier alpha value is -2.21. The number of halogens is 2. The zero-order valence-corrected chi connectivity index (χ0v) is 14.7. The summed E-state index contributed by atoms with van der Waals surface area (Å²) in [6.45, 7) is 2.57. The molecule has 0 aromatic heterocycles. The number of hydrogen-bond acceptors (Lipinski definition) is 2. The number of anilines is 1. The van der Waals surface area contributed by atoms with Crippen molar-refractivity contribution in [2.45, 2.75) is 13.0 Å². The Balaban J connectivity index is 1.79. The molecule has 0 bridgehead atoms. The van der Waals surface area contributed by atoms with Gasteiger partial charge < -0.3 is 9.80 Å². The van der Waals surface area contributed by atoms with Crippen molar-refractivity contribution in [1.82, 2.24) is 4.90 Å². The van der Waals surface area contributed by atoms with Crippen molar-refractivity contribution in [2.75, 3.05) is 18.0 Å². The first-order chi connectivity index (χ1) is 11.5. The number of carbonyl (C=O) groups excluding carboxylic acids is 2. The average molecular weight is 391 g/mol. The van der Waals surface area contributed by atoms with E-state index in [1.807, 2.05) is 24.3 Å². The van der Waals surface area contributed by atoms with Crippen LogP contribution in [-0.4, -0.2) is 35.8 Å². The molecule has 24 heavy (non-hydrogen) atoms. The number of amides is 2. The zero-order chi connectivity index (χ0) is 17.3. The fraction of sp³-hybridized carbons (Fsp3) is 0.222. The lowest BCUT2D eigenvalue weighted by Gasteiger charge is -2.39. The van der Waals surface area contributed by atoms with Crippen LogP contribution in [0.25, 0.3) is 0 Å². The van der Waals surface area contributed by atoms with Crippen LogP contribution in [0, 0.1) is 5.82 Å². The molecule has 124 valence electrons. The zero-order valence-electron chi connectivity index (χ0n) is 13.1. The molecule has 2 amide bonds. The number of carbonyl (C=O) groups is 2. The minimum atomic E-state index is -0.574. The molecule has 1 atom stereocenters. The van der Waals surface area contributed by atoms with E-state index in [0.29, 0.717) is 18.7 Å². The second-order valence-corrected chi connectivity index (χ2v) is 6.57. The minimum Gasteiger partial charge on any atom is -0.325 e. The van der Waals surface area contributed by atoms with Crippen LogP contribution in [0.1, 0.15) is 17.3 Å². The first kappa shape index (κ1) is 16.6. The Kier molecular flexibility index (Phi) is 4.66. The third-order valence-electron chi connectivity index (χ3n) is 4.13. The van der Waals surface area contributed by atoms with E-state index >= 15 is 0 Å². The summed E-state index contributed by atoms with van der Waals surface area (Å²) in [6.07, 6.45) is 0. The largest absolute Gasteiger partial charge is 0.325 e. The molecule has 0 aliphatic carbocycles. The van der Waals surface area contributed by atoms with Gasteiger partial charge in [-0.3, -0.25) is 9.59 Å². The van der Waals surface area contributed by atoms with Crippen molar-refractivity contribution in [2.24, 2.45) is 0 Å². The van der Waals surface area contributed by atoms with Gasteiger partial charge in [-0.2, -0.15) is 0 Å². The van der Waals surface area contributed by atoms with Crippen molar-refractivity contribution in [1.29, 1.82) is 0 Å². The van der Waals surface area contributed by atoms with Crippen LogP contribution in [-0.2, 0) is 4.79 Å². The number of hydrogen-bond donors (Lipinski definition) is 0. The predicted octanol–water partition coefficient (Wildman–Crippen LogP) is 3.47. The fourth-order valence-corrected chi connectivity index (χ4v) is 3.19. The number of benzene rings is 2. The minimum absolute atomic E-state index is 0.130. The molecule has 1 fully saturated rings. The van der Waals surface area contributed by atoms with Gasteiger partial charge in [0.25, 0.3) is 5.91 Å². The van der Waals surface area contributed by atoms with Crippen LogP contribution in [0.4, 0.5) is 10.1 Å². The second kappa shape index (κ2) is 6.73. The number of rotatable bonds is 2. The maximum absolute atomic E-state index is 13.0. The van der Waals surface area contributed by atoms with Crippen LogP contribution in [0.3, 0.4) is 0 Å². The van der Waals surface area contributed by atoms with Crippen LogP contribution in [0.5, 0.6) is 0 Å². The number of piperazine rings is 1. The Morgan fingerprint density at radius 3 is 2.54 bits per heavy atom. The quantitative estimate of drug-likeness (QED) is 0.787. The third kappa shape index (κ3) is 3.19. The van der Waals surface area contributed by atoms with Gasteiger partial charge in [0, 0.05) is 28.8 Å². The fourth-order valence-electron chi connectivity index (χ4n) is 2.81. The van der Waals surface area contributed by atoms with E-state index in [-0.39, 0.29) is 11.8 Å². The highest BCUT2D eigenvalue weighted by molar-refractivity contribution is 9.10. The molecule has 2 aromatic rings. The standard InChI is InChI=1S/C18H16BrFN2O2/c1-12-17(23)22(16-4-2-3-14(19)11-16)10-9-21(12)18(24)13-5-7-15(20)8-6-13/h2-8,11-12H,9-10H2,1H3/t12-/m0/s1. The van der Waals surface area contributed by atoms with Gasteiger partial charge in [-0.25, -0.2) is 4.39 Å². The normalized spacial score (nSPS) is 18.0. The van der Waals surface area contributed by atoms with Crippen LogP contribution in [0.2, 0.25) is 0 Å². The molecule has 0 unspecified atom stereocenters. The highest BCUT2D eigenvalue weighted by atomic mass is 79.9. The van der Waals surface area contributed by atoms with Crippen LogP contribution >= 0.6 is 15.9 Å². The van der Waals surface area contributed by atoms with Gasteiger partial charge in [-0.1, -0.05) is 22.0 Å². The first-order valence-corrected chi connectivity index (χ1v) is 8.40.